The van der Waals surface area contributed by atoms with Crippen LogP contribution in [0.15, 0.2) is 42.7 Å². The van der Waals surface area contributed by atoms with Crippen LogP contribution in [0, 0.1) is 5.92 Å². The molecular weight excluding hydrogens is 466 g/mol. The zero-order chi connectivity index (χ0) is 24.5. The van der Waals surface area contributed by atoms with Crippen LogP contribution in [0.25, 0.3) is 33.5 Å². The van der Waals surface area contributed by atoms with Crippen LogP contribution in [0.1, 0.15) is 6.42 Å². The Morgan fingerprint density at radius 2 is 2.09 bits per heavy atom. The summed E-state index contributed by atoms with van der Waals surface area (Å²) < 4.78 is 1.67. The fourth-order valence-electron chi connectivity index (χ4n) is 4.33. The molecule has 1 unspecified atom stereocenters. The minimum absolute atomic E-state index is 0.0960. The number of pyridine rings is 1. The first-order valence-electron chi connectivity index (χ1n) is 11.3. The first-order valence-corrected chi connectivity index (χ1v) is 11.7. The Hall–Kier alpha value is -3.76. The number of likely N-dealkylation sites (tertiary alicyclic amines) is 1. The van der Waals surface area contributed by atoms with Crippen molar-refractivity contribution in [3.63, 3.8) is 0 Å². The van der Waals surface area contributed by atoms with Gasteiger partial charge in [-0.2, -0.15) is 5.10 Å². The SMILES string of the molecule is CN1CCC(CNC(=O)Nc2nc(-c3cc(Cl)c4ncccc4c3)c(-c3ccn(C)n3)nc2N)C1. The highest BCUT2D eigenvalue weighted by atomic mass is 35.5. The van der Waals surface area contributed by atoms with Gasteiger partial charge in [-0.05, 0) is 50.2 Å². The number of benzene rings is 1. The van der Waals surface area contributed by atoms with E-state index >= 15 is 0 Å². The van der Waals surface area contributed by atoms with E-state index in [-0.39, 0.29) is 17.7 Å². The third kappa shape index (κ3) is 4.89. The molecule has 1 aliphatic rings. The molecule has 0 bridgehead atoms. The fourth-order valence-corrected chi connectivity index (χ4v) is 4.60. The lowest BCUT2D eigenvalue weighted by Gasteiger charge is -2.15. The van der Waals surface area contributed by atoms with Crippen molar-refractivity contribution in [2.75, 3.05) is 37.7 Å². The molecule has 11 heteroatoms. The average molecular weight is 492 g/mol. The normalized spacial score (nSPS) is 16.0. The lowest BCUT2D eigenvalue weighted by atomic mass is 10.0. The monoisotopic (exact) mass is 491 g/mol. The second-order valence-electron chi connectivity index (χ2n) is 8.81. The number of nitrogens with two attached hydrogens (primary N) is 1. The van der Waals surface area contributed by atoms with Crippen molar-refractivity contribution in [2.24, 2.45) is 13.0 Å². The molecule has 0 spiro atoms. The summed E-state index contributed by atoms with van der Waals surface area (Å²) in [4.78, 5) is 28.5. The predicted octanol–water partition coefficient (Wildman–Crippen LogP) is 3.40. The number of nitrogens with zero attached hydrogens (tertiary/aromatic N) is 6. The Kier molecular flexibility index (Phi) is 6.23. The molecule has 1 fully saturated rings. The number of aryl methyl sites for hydroxylation is 1. The Morgan fingerprint density at radius 1 is 1.23 bits per heavy atom. The van der Waals surface area contributed by atoms with Gasteiger partial charge in [-0.1, -0.05) is 17.7 Å². The molecule has 180 valence electrons. The molecule has 4 N–H and O–H groups in total. The van der Waals surface area contributed by atoms with E-state index in [0.717, 1.165) is 24.9 Å². The number of halogens is 1. The molecule has 0 saturated carbocycles. The lowest BCUT2D eigenvalue weighted by Crippen LogP contribution is -2.34. The first kappa shape index (κ1) is 23.0. The highest BCUT2D eigenvalue weighted by Crippen LogP contribution is 2.35. The van der Waals surface area contributed by atoms with E-state index in [1.165, 1.54) is 0 Å². The largest absolute Gasteiger partial charge is 0.381 e. The molecular formula is C24H26ClN9O. The average Bonchev–Trinajstić information content (AvgIpc) is 3.46. The van der Waals surface area contributed by atoms with Gasteiger partial charge in [0.1, 0.15) is 17.1 Å². The summed E-state index contributed by atoms with van der Waals surface area (Å²) in [5, 5.41) is 11.5. The van der Waals surface area contributed by atoms with Gasteiger partial charge in [-0.25, -0.2) is 14.8 Å². The maximum atomic E-state index is 12.6. The van der Waals surface area contributed by atoms with Gasteiger partial charge in [0.05, 0.1) is 10.5 Å². The number of anilines is 2. The van der Waals surface area contributed by atoms with Crippen molar-refractivity contribution in [3.05, 3.63) is 47.7 Å². The third-order valence-corrected chi connectivity index (χ3v) is 6.37. The summed E-state index contributed by atoms with van der Waals surface area (Å²) in [6.45, 7) is 2.58. The van der Waals surface area contributed by atoms with Gasteiger partial charge < -0.3 is 16.0 Å². The third-order valence-electron chi connectivity index (χ3n) is 6.08. The number of aromatic nitrogens is 5. The van der Waals surface area contributed by atoms with Gasteiger partial charge in [-0.3, -0.25) is 15.0 Å². The van der Waals surface area contributed by atoms with Crippen molar-refractivity contribution in [2.45, 2.75) is 6.42 Å². The quantitative estimate of drug-likeness (QED) is 0.390. The van der Waals surface area contributed by atoms with E-state index < -0.39 is 0 Å². The van der Waals surface area contributed by atoms with Crippen LogP contribution in [0.5, 0.6) is 0 Å². The minimum Gasteiger partial charge on any atom is -0.381 e. The number of amides is 2. The number of carbonyl (C=O) groups excluding carboxylic acids is 1. The van der Waals surface area contributed by atoms with E-state index in [9.17, 15) is 4.79 Å². The number of hydrogen-bond acceptors (Lipinski definition) is 7. The first-order chi connectivity index (χ1) is 16.9. The van der Waals surface area contributed by atoms with Crippen molar-refractivity contribution >= 4 is 40.2 Å². The number of hydrogen-bond donors (Lipinski definition) is 3. The van der Waals surface area contributed by atoms with Crippen LogP contribution in [0.3, 0.4) is 0 Å². The molecule has 4 heterocycles. The molecule has 4 aromatic rings. The van der Waals surface area contributed by atoms with Crippen molar-refractivity contribution in [1.29, 1.82) is 0 Å². The molecule has 3 aromatic heterocycles. The maximum absolute atomic E-state index is 12.6. The Bertz CT molecular complexity index is 1400. The topological polar surface area (TPSA) is 127 Å². The summed E-state index contributed by atoms with van der Waals surface area (Å²) in [6.07, 6.45) is 4.56. The van der Waals surface area contributed by atoms with E-state index in [0.29, 0.717) is 45.6 Å². The van der Waals surface area contributed by atoms with Crippen molar-refractivity contribution < 1.29 is 4.79 Å². The Morgan fingerprint density at radius 3 is 2.83 bits per heavy atom. The number of carbonyl (C=O) groups is 1. The molecule has 35 heavy (non-hydrogen) atoms. The number of nitrogen functional groups attached to an aromatic ring is 1. The molecule has 1 atom stereocenters. The number of urea groups is 1. The van der Waals surface area contributed by atoms with Crippen LogP contribution < -0.4 is 16.4 Å². The summed E-state index contributed by atoms with van der Waals surface area (Å²) in [6, 6.07) is 8.94. The summed E-state index contributed by atoms with van der Waals surface area (Å²) in [5.74, 6) is 0.687. The van der Waals surface area contributed by atoms with E-state index in [1.807, 2.05) is 37.5 Å². The van der Waals surface area contributed by atoms with Gasteiger partial charge in [-0.15, -0.1) is 0 Å². The second kappa shape index (κ2) is 9.47. The summed E-state index contributed by atoms with van der Waals surface area (Å²) in [5.41, 5.74) is 9.21. The van der Waals surface area contributed by atoms with Gasteiger partial charge in [0, 0.05) is 43.5 Å². The van der Waals surface area contributed by atoms with Crippen LogP contribution in [0.4, 0.5) is 16.4 Å². The van der Waals surface area contributed by atoms with Gasteiger partial charge in [0.25, 0.3) is 0 Å². The molecule has 1 saturated heterocycles. The number of fused-ring (bicyclic) bond motifs is 1. The molecule has 10 nitrogen and oxygen atoms in total. The summed E-state index contributed by atoms with van der Waals surface area (Å²) in [7, 11) is 3.90. The van der Waals surface area contributed by atoms with Crippen LogP contribution in [0.2, 0.25) is 5.02 Å². The second-order valence-corrected chi connectivity index (χ2v) is 9.22. The van der Waals surface area contributed by atoms with E-state index in [4.69, 9.17) is 22.3 Å². The number of nitrogens with one attached hydrogen (secondary N) is 2. The Labute approximate surface area is 207 Å². The zero-order valence-corrected chi connectivity index (χ0v) is 20.3. The minimum atomic E-state index is -0.377. The molecule has 1 aliphatic heterocycles. The lowest BCUT2D eigenvalue weighted by molar-refractivity contribution is 0.250. The number of rotatable bonds is 5. The Balaban J connectivity index is 1.50. The molecule has 0 aliphatic carbocycles. The maximum Gasteiger partial charge on any atom is 0.320 e. The van der Waals surface area contributed by atoms with Crippen LogP contribution in [-0.2, 0) is 7.05 Å². The fraction of sp³-hybridized carbons (Fsp3) is 0.292. The zero-order valence-electron chi connectivity index (χ0n) is 19.5. The highest BCUT2D eigenvalue weighted by molar-refractivity contribution is 6.35. The van der Waals surface area contributed by atoms with Gasteiger partial charge in [0.15, 0.2) is 11.6 Å². The van der Waals surface area contributed by atoms with Gasteiger partial charge in [0.2, 0.25) is 0 Å². The van der Waals surface area contributed by atoms with E-state index in [2.05, 4.69) is 37.6 Å². The van der Waals surface area contributed by atoms with E-state index in [1.54, 1.807) is 16.9 Å². The predicted molar refractivity (Wildman–Crippen MR) is 137 cm³/mol. The van der Waals surface area contributed by atoms with Crippen molar-refractivity contribution in [1.82, 2.24) is 34.9 Å². The summed E-state index contributed by atoms with van der Waals surface area (Å²) >= 11 is 6.55. The highest BCUT2D eigenvalue weighted by Gasteiger charge is 2.22. The van der Waals surface area contributed by atoms with Crippen LogP contribution >= 0.6 is 11.6 Å². The molecule has 5 rings (SSSR count). The smallest absolute Gasteiger partial charge is 0.320 e. The molecule has 0 radical (unpaired) electrons. The van der Waals surface area contributed by atoms with Gasteiger partial charge >= 0.3 is 6.03 Å². The molecule has 1 aromatic carbocycles. The van der Waals surface area contributed by atoms with Crippen molar-refractivity contribution in [3.8, 4) is 22.6 Å². The van der Waals surface area contributed by atoms with Crippen LogP contribution in [-0.4, -0.2) is 62.3 Å². The standard InChI is InChI=1S/C24H26ClN9O/c1-33-8-5-14(13-33)12-28-24(35)31-23-22(26)29-21(18-6-9-34(2)32-18)20(30-23)16-10-15-4-3-7-27-19(15)17(25)11-16/h3-4,6-7,9-11,14H,5,8,12-13H2,1-2H3,(H2,26,29)(H2,28,30,31,35). The molecule has 2 amide bonds.